The van der Waals surface area contributed by atoms with Gasteiger partial charge in [0.05, 0.1) is 12.0 Å². The van der Waals surface area contributed by atoms with Crippen molar-refractivity contribution in [2.24, 2.45) is 0 Å². The molecule has 0 spiro atoms. The summed E-state index contributed by atoms with van der Waals surface area (Å²) in [6.45, 7) is 2.57. The number of carbonyl (C=O) groups excluding carboxylic acids is 1. The van der Waals surface area contributed by atoms with E-state index >= 15 is 0 Å². The molecule has 5 heteroatoms. The average molecular weight is 220 g/mol. The molecule has 4 N–H and O–H groups in total. The lowest BCUT2D eigenvalue weighted by Gasteiger charge is -2.17. The van der Waals surface area contributed by atoms with Crippen molar-refractivity contribution in [1.29, 1.82) is 5.41 Å². The van der Waals surface area contributed by atoms with Crippen molar-refractivity contribution in [2.75, 3.05) is 17.2 Å². The quantitative estimate of drug-likeness (QED) is 0.411. The van der Waals surface area contributed by atoms with Crippen LogP contribution in [0.15, 0.2) is 24.3 Å². The van der Waals surface area contributed by atoms with Crippen LogP contribution in [0.4, 0.5) is 16.2 Å². The van der Waals surface area contributed by atoms with Gasteiger partial charge in [-0.2, -0.15) is 0 Å². The number of anilines is 2. The standard InChI is InChI=1S/C11H16N4O/c1-2-7-14-11(16)15(8-12)10-5-3-9(13)4-6-10/h3-6,8,12H,2,7,13H2,1H3,(H,14,16). The van der Waals surface area contributed by atoms with E-state index in [1.54, 1.807) is 24.3 Å². The van der Waals surface area contributed by atoms with Crippen molar-refractivity contribution in [2.45, 2.75) is 13.3 Å². The first-order chi connectivity index (χ1) is 7.69. The number of urea groups is 1. The molecule has 0 heterocycles. The highest BCUT2D eigenvalue weighted by molar-refractivity contribution is 6.06. The van der Waals surface area contributed by atoms with Gasteiger partial charge in [-0.25, -0.2) is 4.79 Å². The number of hydrogen-bond acceptors (Lipinski definition) is 3. The molecule has 86 valence electrons. The van der Waals surface area contributed by atoms with Gasteiger partial charge >= 0.3 is 6.03 Å². The van der Waals surface area contributed by atoms with Crippen LogP contribution in [0.25, 0.3) is 0 Å². The Balaban J connectivity index is 2.77. The largest absolute Gasteiger partial charge is 0.399 e. The van der Waals surface area contributed by atoms with E-state index in [1.807, 2.05) is 6.92 Å². The Hall–Kier alpha value is -2.04. The lowest BCUT2D eigenvalue weighted by atomic mass is 10.3. The van der Waals surface area contributed by atoms with Crippen molar-refractivity contribution in [1.82, 2.24) is 5.32 Å². The summed E-state index contributed by atoms with van der Waals surface area (Å²) in [5, 5.41) is 9.93. The van der Waals surface area contributed by atoms with E-state index in [9.17, 15) is 4.79 Å². The Labute approximate surface area is 94.8 Å². The molecule has 0 atom stereocenters. The van der Waals surface area contributed by atoms with Gasteiger partial charge in [-0.15, -0.1) is 0 Å². The van der Waals surface area contributed by atoms with Gasteiger partial charge in [-0.05, 0) is 30.7 Å². The maximum absolute atomic E-state index is 11.7. The zero-order valence-corrected chi connectivity index (χ0v) is 9.23. The number of carbonyl (C=O) groups is 1. The van der Waals surface area contributed by atoms with E-state index in [2.05, 4.69) is 5.32 Å². The summed E-state index contributed by atoms with van der Waals surface area (Å²) >= 11 is 0. The van der Waals surface area contributed by atoms with Gasteiger partial charge in [0.2, 0.25) is 0 Å². The lowest BCUT2D eigenvalue weighted by Crippen LogP contribution is -2.39. The minimum Gasteiger partial charge on any atom is -0.399 e. The minimum atomic E-state index is -0.304. The van der Waals surface area contributed by atoms with Gasteiger partial charge in [-0.3, -0.25) is 10.3 Å². The molecule has 1 rings (SSSR count). The number of amides is 2. The second-order valence-corrected chi connectivity index (χ2v) is 3.32. The predicted molar refractivity (Wildman–Crippen MR) is 65.8 cm³/mol. The third kappa shape index (κ3) is 2.98. The fraction of sp³-hybridized carbons (Fsp3) is 0.273. The SMILES string of the molecule is CCCNC(=O)N(C=N)c1ccc(N)cc1. The number of benzene rings is 1. The molecule has 0 aliphatic rings. The summed E-state index contributed by atoms with van der Waals surface area (Å²) < 4.78 is 0. The molecular weight excluding hydrogens is 204 g/mol. The maximum atomic E-state index is 11.7. The molecule has 1 aromatic carbocycles. The topological polar surface area (TPSA) is 82.2 Å². The second kappa shape index (κ2) is 5.75. The van der Waals surface area contributed by atoms with Crippen LogP contribution in [0.3, 0.4) is 0 Å². The van der Waals surface area contributed by atoms with Gasteiger partial charge < -0.3 is 11.1 Å². The predicted octanol–water partition coefficient (Wildman–Crippen LogP) is 1.80. The van der Waals surface area contributed by atoms with Crippen LogP contribution < -0.4 is 16.0 Å². The van der Waals surface area contributed by atoms with E-state index in [0.717, 1.165) is 12.8 Å². The van der Waals surface area contributed by atoms with E-state index in [1.165, 1.54) is 4.90 Å². The van der Waals surface area contributed by atoms with E-state index in [4.69, 9.17) is 11.1 Å². The van der Waals surface area contributed by atoms with Crippen LogP contribution in [-0.4, -0.2) is 18.9 Å². The number of nitrogens with one attached hydrogen (secondary N) is 2. The lowest BCUT2D eigenvalue weighted by molar-refractivity contribution is 0.249. The molecule has 5 nitrogen and oxygen atoms in total. The highest BCUT2D eigenvalue weighted by atomic mass is 16.2. The molecule has 0 fully saturated rings. The maximum Gasteiger partial charge on any atom is 0.327 e. The zero-order chi connectivity index (χ0) is 12.0. The number of nitrogen functional groups attached to an aromatic ring is 1. The number of rotatable bonds is 4. The summed E-state index contributed by atoms with van der Waals surface area (Å²) in [4.78, 5) is 12.9. The Kier molecular flexibility index (Phi) is 4.32. The summed E-state index contributed by atoms with van der Waals surface area (Å²) in [6.07, 6.45) is 1.84. The molecule has 0 saturated carbocycles. The third-order valence-corrected chi connectivity index (χ3v) is 2.05. The van der Waals surface area contributed by atoms with Crippen molar-refractivity contribution >= 4 is 23.7 Å². The highest BCUT2D eigenvalue weighted by Gasteiger charge is 2.11. The Morgan fingerprint density at radius 3 is 2.62 bits per heavy atom. The van der Waals surface area contributed by atoms with Gasteiger partial charge in [0, 0.05) is 12.2 Å². The van der Waals surface area contributed by atoms with Gasteiger partial charge in [0.15, 0.2) is 0 Å². The molecule has 0 radical (unpaired) electrons. The average Bonchev–Trinajstić information content (AvgIpc) is 2.30. The molecule has 0 unspecified atom stereocenters. The minimum absolute atomic E-state index is 0.304. The van der Waals surface area contributed by atoms with Crippen LogP contribution >= 0.6 is 0 Å². The Bertz CT molecular complexity index is 361. The summed E-state index contributed by atoms with van der Waals surface area (Å²) in [7, 11) is 0. The summed E-state index contributed by atoms with van der Waals surface area (Å²) in [6, 6.07) is 6.48. The molecule has 16 heavy (non-hydrogen) atoms. The van der Waals surface area contributed by atoms with E-state index in [-0.39, 0.29) is 6.03 Å². The summed E-state index contributed by atoms with van der Waals surface area (Å²) in [5.74, 6) is 0. The zero-order valence-electron chi connectivity index (χ0n) is 9.23. The van der Waals surface area contributed by atoms with E-state index in [0.29, 0.717) is 17.9 Å². The van der Waals surface area contributed by atoms with Crippen molar-refractivity contribution in [3.63, 3.8) is 0 Å². The molecule has 2 amide bonds. The molecule has 0 saturated heterocycles. The number of nitrogens with two attached hydrogens (primary N) is 1. The fourth-order valence-electron chi connectivity index (χ4n) is 1.20. The number of nitrogens with zero attached hydrogens (tertiary/aromatic N) is 1. The summed E-state index contributed by atoms with van der Waals surface area (Å²) in [5.41, 5.74) is 6.80. The molecule has 0 aliphatic carbocycles. The smallest absolute Gasteiger partial charge is 0.327 e. The molecule has 0 aliphatic heterocycles. The number of hydrogen-bond donors (Lipinski definition) is 3. The van der Waals surface area contributed by atoms with Crippen LogP contribution in [-0.2, 0) is 0 Å². The highest BCUT2D eigenvalue weighted by Crippen LogP contribution is 2.14. The van der Waals surface area contributed by atoms with Gasteiger partial charge in [0.1, 0.15) is 0 Å². The van der Waals surface area contributed by atoms with Crippen molar-refractivity contribution in [3.8, 4) is 0 Å². The third-order valence-electron chi connectivity index (χ3n) is 2.05. The van der Waals surface area contributed by atoms with Crippen LogP contribution in [0.2, 0.25) is 0 Å². The van der Waals surface area contributed by atoms with Crippen LogP contribution in [0.1, 0.15) is 13.3 Å². The fourth-order valence-corrected chi connectivity index (χ4v) is 1.20. The van der Waals surface area contributed by atoms with Crippen LogP contribution in [0.5, 0.6) is 0 Å². The normalized spacial score (nSPS) is 9.56. The van der Waals surface area contributed by atoms with Gasteiger partial charge in [-0.1, -0.05) is 6.92 Å². The molecule has 0 aromatic heterocycles. The Morgan fingerprint density at radius 1 is 1.50 bits per heavy atom. The first-order valence-corrected chi connectivity index (χ1v) is 5.12. The van der Waals surface area contributed by atoms with Crippen molar-refractivity contribution < 1.29 is 4.79 Å². The first kappa shape index (κ1) is 12.0. The molecule has 1 aromatic rings. The van der Waals surface area contributed by atoms with Crippen LogP contribution in [0, 0.1) is 5.41 Å². The van der Waals surface area contributed by atoms with Crippen molar-refractivity contribution in [3.05, 3.63) is 24.3 Å². The van der Waals surface area contributed by atoms with Gasteiger partial charge in [0.25, 0.3) is 0 Å². The molecular formula is C11H16N4O. The Morgan fingerprint density at radius 2 is 2.12 bits per heavy atom. The monoisotopic (exact) mass is 220 g/mol. The van der Waals surface area contributed by atoms with E-state index < -0.39 is 0 Å². The first-order valence-electron chi connectivity index (χ1n) is 5.12. The second-order valence-electron chi connectivity index (χ2n) is 3.32. The molecule has 0 bridgehead atoms.